The van der Waals surface area contributed by atoms with Crippen LogP contribution in [0, 0.1) is 0 Å². The van der Waals surface area contributed by atoms with Gasteiger partial charge in [-0.25, -0.2) is 0 Å². The van der Waals surface area contributed by atoms with E-state index in [1.165, 1.54) is 30.6 Å². The highest BCUT2D eigenvalue weighted by atomic mass is 32.2. The van der Waals surface area contributed by atoms with Crippen LogP contribution >= 0.6 is 11.8 Å². The van der Waals surface area contributed by atoms with Crippen molar-refractivity contribution >= 4 is 11.8 Å². The quantitative estimate of drug-likeness (QED) is 0.701. The topological polar surface area (TPSA) is 26.0 Å². The van der Waals surface area contributed by atoms with Gasteiger partial charge in [-0.3, -0.25) is 0 Å². The molecule has 0 fully saturated rings. The summed E-state index contributed by atoms with van der Waals surface area (Å²) < 4.78 is 0. The molecule has 0 radical (unpaired) electrons. The highest BCUT2D eigenvalue weighted by Crippen LogP contribution is 2.16. The molecule has 0 spiro atoms. The fourth-order valence-electron chi connectivity index (χ4n) is 1.68. The third-order valence-corrected chi connectivity index (χ3v) is 4.01. The number of hydrogen-bond acceptors (Lipinski definition) is 2. The number of benzene rings is 1. The molecule has 1 nitrogen and oxygen atoms in total. The molecule has 16 heavy (non-hydrogen) atoms. The number of thioether (sulfide) groups is 1. The van der Waals surface area contributed by atoms with Crippen molar-refractivity contribution in [3.8, 4) is 0 Å². The second kappa shape index (κ2) is 8.66. The van der Waals surface area contributed by atoms with Crippen LogP contribution in [0.25, 0.3) is 0 Å². The zero-order chi connectivity index (χ0) is 11.6. The largest absolute Gasteiger partial charge is 0.330 e. The second-order valence-corrected chi connectivity index (χ2v) is 5.75. The summed E-state index contributed by atoms with van der Waals surface area (Å²) in [6.45, 7) is 3.09. The highest BCUT2D eigenvalue weighted by Gasteiger charge is 2.00. The molecule has 0 saturated heterocycles. The van der Waals surface area contributed by atoms with Crippen molar-refractivity contribution < 1.29 is 0 Å². The smallest absolute Gasteiger partial charge is 0.00307 e. The molecule has 2 heteroatoms. The van der Waals surface area contributed by atoms with Crippen LogP contribution in [-0.2, 0) is 6.42 Å². The molecule has 1 unspecified atom stereocenters. The van der Waals surface area contributed by atoms with E-state index in [0.29, 0.717) is 0 Å². The molecular weight excluding hydrogens is 214 g/mol. The standard InChI is InChI=1S/C14H23NS/c1-13(10-11-15)16-12-6-5-9-14-7-3-2-4-8-14/h2-4,7-8,13H,5-6,9-12,15H2,1H3. The maximum absolute atomic E-state index is 5.52. The predicted octanol–water partition coefficient (Wildman–Crippen LogP) is 3.48. The predicted molar refractivity (Wildman–Crippen MR) is 75.0 cm³/mol. The summed E-state index contributed by atoms with van der Waals surface area (Å²) in [5, 5.41) is 0.724. The van der Waals surface area contributed by atoms with Gasteiger partial charge in [-0.2, -0.15) is 11.8 Å². The average Bonchev–Trinajstić information content (AvgIpc) is 2.30. The lowest BCUT2D eigenvalue weighted by Crippen LogP contribution is -2.07. The Hall–Kier alpha value is -0.470. The average molecular weight is 237 g/mol. The molecule has 0 heterocycles. The molecule has 2 N–H and O–H groups in total. The van der Waals surface area contributed by atoms with Gasteiger partial charge in [-0.15, -0.1) is 0 Å². The van der Waals surface area contributed by atoms with E-state index in [0.717, 1.165) is 18.2 Å². The van der Waals surface area contributed by atoms with Crippen molar-refractivity contribution in [3.05, 3.63) is 35.9 Å². The Morgan fingerprint density at radius 1 is 1.19 bits per heavy atom. The summed E-state index contributed by atoms with van der Waals surface area (Å²) in [5.41, 5.74) is 6.98. The van der Waals surface area contributed by atoms with Crippen molar-refractivity contribution in [1.82, 2.24) is 0 Å². The molecule has 1 aromatic carbocycles. The number of aryl methyl sites for hydroxylation is 1. The molecule has 0 amide bonds. The summed E-state index contributed by atoms with van der Waals surface area (Å²) in [4.78, 5) is 0. The first-order valence-corrected chi connectivity index (χ1v) is 7.23. The third-order valence-electron chi connectivity index (χ3n) is 2.68. The minimum absolute atomic E-state index is 0.724. The van der Waals surface area contributed by atoms with Crippen LogP contribution in [-0.4, -0.2) is 17.5 Å². The van der Waals surface area contributed by atoms with E-state index in [1.54, 1.807) is 0 Å². The first-order chi connectivity index (χ1) is 7.83. The molecule has 0 aliphatic carbocycles. The lowest BCUT2D eigenvalue weighted by molar-refractivity contribution is 0.790. The molecule has 0 saturated carbocycles. The van der Waals surface area contributed by atoms with Crippen LogP contribution in [0.2, 0.25) is 0 Å². The zero-order valence-electron chi connectivity index (χ0n) is 10.2. The van der Waals surface area contributed by atoms with Crippen LogP contribution in [0.1, 0.15) is 31.7 Å². The maximum Gasteiger partial charge on any atom is 0.00307 e. The fraction of sp³-hybridized carbons (Fsp3) is 0.571. The molecule has 1 rings (SSSR count). The summed E-state index contributed by atoms with van der Waals surface area (Å²) in [5.74, 6) is 1.27. The van der Waals surface area contributed by atoms with Crippen LogP contribution in [0.4, 0.5) is 0 Å². The van der Waals surface area contributed by atoms with Gasteiger partial charge in [-0.05, 0) is 43.5 Å². The van der Waals surface area contributed by atoms with E-state index in [1.807, 2.05) is 0 Å². The van der Waals surface area contributed by atoms with Crippen LogP contribution < -0.4 is 5.73 Å². The summed E-state index contributed by atoms with van der Waals surface area (Å²) in [6.07, 6.45) is 4.97. The van der Waals surface area contributed by atoms with Crippen LogP contribution in [0.3, 0.4) is 0 Å². The van der Waals surface area contributed by atoms with Gasteiger partial charge >= 0.3 is 0 Å². The molecule has 0 aliphatic heterocycles. The van der Waals surface area contributed by atoms with E-state index < -0.39 is 0 Å². The Kier molecular flexibility index (Phi) is 7.35. The minimum atomic E-state index is 0.724. The van der Waals surface area contributed by atoms with Gasteiger partial charge < -0.3 is 5.73 Å². The van der Waals surface area contributed by atoms with Gasteiger partial charge in [0.25, 0.3) is 0 Å². The fourth-order valence-corrected chi connectivity index (χ4v) is 2.75. The molecule has 0 bridgehead atoms. The van der Waals surface area contributed by atoms with Crippen molar-refractivity contribution in [2.24, 2.45) is 5.73 Å². The molecule has 1 aromatic rings. The first kappa shape index (κ1) is 13.6. The van der Waals surface area contributed by atoms with Gasteiger partial charge in [0.05, 0.1) is 0 Å². The van der Waals surface area contributed by atoms with Crippen molar-refractivity contribution in [1.29, 1.82) is 0 Å². The molecule has 0 aromatic heterocycles. The monoisotopic (exact) mass is 237 g/mol. The summed E-state index contributed by atoms with van der Waals surface area (Å²) in [6, 6.07) is 10.7. The van der Waals surface area contributed by atoms with E-state index in [2.05, 4.69) is 49.0 Å². The first-order valence-electron chi connectivity index (χ1n) is 6.18. The van der Waals surface area contributed by atoms with E-state index in [-0.39, 0.29) is 0 Å². The maximum atomic E-state index is 5.52. The second-order valence-electron chi connectivity index (χ2n) is 4.20. The van der Waals surface area contributed by atoms with Crippen LogP contribution in [0.5, 0.6) is 0 Å². The summed E-state index contributed by atoms with van der Waals surface area (Å²) in [7, 11) is 0. The van der Waals surface area contributed by atoms with Crippen molar-refractivity contribution in [3.63, 3.8) is 0 Å². The van der Waals surface area contributed by atoms with Gasteiger partial charge in [0.15, 0.2) is 0 Å². The van der Waals surface area contributed by atoms with Crippen molar-refractivity contribution in [2.75, 3.05) is 12.3 Å². The summed E-state index contributed by atoms with van der Waals surface area (Å²) >= 11 is 2.06. The Morgan fingerprint density at radius 2 is 1.94 bits per heavy atom. The minimum Gasteiger partial charge on any atom is -0.330 e. The highest BCUT2D eigenvalue weighted by molar-refractivity contribution is 7.99. The lowest BCUT2D eigenvalue weighted by atomic mass is 10.1. The molecule has 90 valence electrons. The molecular formula is C14H23NS. The van der Waals surface area contributed by atoms with E-state index in [9.17, 15) is 0 Å². The number of rotatable bonds is 8. The Morgan fingerprint density at radius 3 is 2.62 bits per heavy atom. The number of unbranched alkanes of at least 4 members (excludes halogenated alkanes) is 1. The SMILES string of the molecule is CC(CCN)SCCCCc1ccccc1. The number of hydrogen-bond donors (Lipinski definition) is 1. The Labute approximate surface area is 104 Å². The lowest BCUT2D eigenvalue weighted by Gasteiger charge is -2.09. The molecule has 0 aliphatic rings. The van der Waals surface area contributed by atoms with Crippen molar-refractivity contribution in [2.45, 2.75) is 37.9 Å². The van der Waals surface area contributed by atoms with Gasteiger partial charge in [0.2, 0.25) is 0 Å². The zero-order valence-corrected chi connectivity index (χ0v) is 11.0. The third kappa shape index (κ3) is 6.19. The Bertz CT molecular complexity index is 261. The van der Waals surface area contributed by atoms with Gasteiger partial charge in [0, 0.05) is 5.25 Å². The van der Waals surface area contributed by atoms with Gasteiger partial charge in [-0.1, -0.05) is 37.3 Å². The van der Waals surface area contributed by atoms with Crippen LogP contribution in [0.15, 0.2) is 30.3 Å². The normalized spacial score (nSPS) is 12.6. The van der Waals surface area contributed by atoms with Gasteiger partial charge in [0.1, 0.15) is 0 Å². The number of nitrogens with two attached hydrogens (primary N) is 1. The molecule has 1 atom stereocenters. The Balaban J connectivity index is 2.00. The van der Waals surface area contributed by atoms with E-state index in [4.69, 9.17) is 5.73 Å². The van der Waals surface area contributed by atoms with E-state index >= 15 is 0 Å².